The molecule has 1 aromatic rings. The van der Waals surface area contributed by atoms with Gasteiger partial charge in [0.05, 0.1) is 0 Å². The molecule has 0 fully saturated rings. The third-order valence-corrected chi connectivity index (χ3v) is 2.72. The van der Waals surface area contributed by atoms with Crippen molar-refractivity contribution in [3.05, 3.63) is 23.0 Å². The number of rotatable bonds is 2. The maximum atomic E-state index is 11.5. The zero-order valence-electron chi connectivity index (χ0n) is 9.59. The normalized spacial score (nSPS) is 10.4. The monoisotopic (exact) mass is 194 g/mol. The molecule has 0 radical (unpaired) electrons. The van der Waals surface area contributed by atoms with Crippen molar-refractivity contribution in [3.8, 4) is 0 Å². The predicted molar refractivity (Wildman–Crippen MR) is 57.3 cm³/mol. The van der Waals surface area contributed by atoms with Crippen molar-refractivity contribution < 1.29 is 4.79 Å². The maximum Gasteiger partial charge on any atom is 0.241 e. The van der Waals surface area contributed by atoms with E-state index >= 15 is 0 Å². The van der Waals surface area contributed by atoms with Crippen LogP contribution in [-0.4, -0.2) is 29.5 Å². The van der Waals surface area contributed by atoms with Crippen LogP contribution in [0.4, 0.5) is 0 Å². The topological polar surface area (TPSA) is 25.2 Å². The van der Waals surface area contributed by atoms with E-state index in [2.05, 4.69) is 13.8 Å². The molecular formula is C11H18N2O. The minimum Gasteiger partial charge on any atom is -0.347 e. The molecule has 1 amide bonds. The fraction of sp³-hybridized carbons (Fsp3) is 0.545. The van der Waals surface area contributed by atoms with Crippen LogP contribution in [0.2, 0.25) is 0 Å². The van der Waals surface area contributed by atoms with E-state index in [-0.39, 0.29) is 5.91 Å². The number of amides is 1. The average molecular weight is 194 g/mol. The number of aromatic nitrogens is 1. The van der Waals surface area contributed by atoms with E-state index in [9.17, 15) is 4.79 Å². The average Bonchev–Trinajstić information content (AvgIpc) is 2.33. The van der Waals surface area contributed by atoms with Crippen LogP contribution in [0.1, 0.15) is 16.8 Å². The van der Waals surface area contributed by atoms with E-state index in [0.717, 1.165) is 0 Å². The number of likely N-dealkylation sites (N-methyl/N-ethyl adjacent to an activating group) is 1. The fourth-order valence-corrected chi connectivity index (χ4v) is 1.38. The first-order valence-corrected chi connectivity index (χ1v) is 4.76. The zero-order chi connectivity index (χ0) is 10.9. The van der Waals surface area contributed by atoms with Gasteiger partial charge in [-0.1, -0.05) is 0 Å². The van der Waals surface area contributed by atoms with Gasteiger partial charge in [-0.3, -0.25) is 4.79 Å². The summed E-state index contributed by atoms with van der Waals surface area (Å²) in [5, 5.41) is 0. The second-order valence-electron chi connectivity index (χ2n) is 3.94. The summed E-state index contributed by atoms with van der Waals surface area (Å²) < 4.78 is 2.01. The van der Waals surface area contributed by atoms with E-state index in [1.807, 2.05) is 17.7 Å². The molecule has 0 bridgehead atoms. The SMILES string of the molecule is Cc1cn(CC(=O)N(C)C)c(C)c1C. The molecule has 1 heterocycles. The summed E-state index contributed by atoms with van der Waals surface area (Å²) in [5.74, 6) is 0.128. The van der Waals surface area contributed by atoms with Gasteiger partial charge in [0.25, 0.3) is 0 Å². The number of hydrogen-bond acceptors (Lipinski definition) is 1. The van der Waals surface area contributed by atoms with Gasteiger partial charge in [-0.25, -0.2) is 0 Å². The van der Waals surface area contributed by atoms with E-state index < -0.39 is 0 Å². The minimum absolute atomic E-state index is 0.128. The van der Waals surface area contributed by atoms with E-state index in [1.54, 1.807) is 19.0 Å². The van der Waals surface area contributed by atoms with Crippen LogP contribution in [0.15, 0.2) is 6.20 Å². The second kappa shape index (κ2) is 3.86. The molecule has 0 atom stereocenters. The van der Waals surface area contributed by atoms with Gasteiger partial charge in [0.2, 0.25) is 5.91 Å². The third-order valence-electron chi connectivity index (χ3n) is 2.72. The van der Waals surface area contributed by atoms with Crippen LogP contribution >= 0.6 is 0 Å². The molecule has 0 N–H and O–H groups in total. The van der Waals surface area contributed by atoms with Gasteiger partial charge in [0.15, 0.2) is 0 Å². The largest absolute Gasteiger partial charge is 0.347 e. The number of carbonyl (C=O) groups excluding carboxylic acids is 1. The Morgan fingerprint density at radius 1 is 1.36 bits per heavy atom. The first-order chi connectivity index (χ1) is 6.43. The molecule has 1 aromatic heterocycles. The first-order valence-electron chi connectivity index (χ1n) is 4.76. The third kappa shape index (κ3) is 1.97. The number of carbonyl (C=O) groups is 1. The smallest absolute Gasteiger partial charge is 0.241 e. The van der Waals surface area contributed by atoms with Gasteiger partial charge < -0.3 is 9.47 Å². The molecule has 0 aromatic carbocycles. The molecule has 0 aliphatic heterocycles. The number of aryl methyl sites for hydroxylation is 1. The van der Waals surface area contributed by atoms with Crippen molar-refractivity contribution in [2.45, 2.75) is 27.3 Å². The molecule has 78 valence electrons. The molecule has 0 saturated heterocycles. The first kappa shape index (κ1) is 10.8. The van der Waals surface area contributed by atoms with Crippen LogP contribution in [0.25, 0.3) is 0 Å². The molecule has 14 heavy (non-hydrogen) atoms. The molecular weight excluding hydrogens is 176 g/mol. The van der Waals surface area contributed by atoms with Gasteiger partial charge >= 0.3 is 0 Å². The van der Waals surface area contributed by atoms with Crippen molar-refractivity contribution >= 4 is 5.91 Å². The Bertz CT molecular complexity index is 350. The summed E-state index contributed by atoms with van der Waals surface area (Å²) in [6.07, 6.45) is 2.03. The Hall–Kier alpha value is -1.25. The highest BCUT2D eigenvalue weighted by atomic mass is 16.2. The lowest BCUT2D eigenvalue weighted by molar-refractivity contribution is -0.129. The Morgan fingerprint density at radius 2 is 1.93 bits per heavy atom. The van der Waals surface area contributed by atoms with E-state index in [4.69, 9.17) is 0 Å². The lowest BCUT2D eigenvalue weighted by atomic mass is 10.2. The minimum atomic E-state index is 0.128. The molecule has 3 nitrogen and oxygen atoms in total. The fourth-order valence-electron chi connectivity index (χ4n) is 1.38. The summed E-state index contributed by atoms with van der Waals surface area (Å²) in [6, 6.07) is 0. The van der Waals surface area contributed by atoms with Gasteiger partial charge in [-0.05, 0) is 31.9 Å². The van der Waals surface area contributed by atoms with Gasteiger partial charge in [0.1, 0.15) is 6.54 Å². The van der Waals surface area contributed by atoms with Crippen molar-refractivity contribution in [1.29, 1.82) is 0 Å². The summed E-state index contributed by atoms with van der Waals surface area (Å²) in [6.45, 7) is 6.64. The lowest BCUT2D eigenvalue weighted by Gasteiger charge is -2.12. The summed E-state index contributed by atoms with van der Waals surface area (Å²) in [4.78, 5) is 13.1. The number of nitrogens with zero attached hydrogens (tertiary/aromatic N) is 2. The van der Waals surface area contributed by atoms with Crippen molar-refractivity contribution in [1.82, 2.24) is 9.47 Å². The van der Waals surface area contributed by atoms with Crippen molar-refractivity contribution in [2.24, 2.45) is 0 Å². The van der Waals surface area contributed by atoms with E-state index in [1.165, 1.54) is 16.8 Å². The molecule has 0 unspecified atom stereocenters. The molecule has 0 saturated carbocycles. The Balaban J connectivity index is 2.88. The highest BCUT2D eigenvalue weighted by Crippen LogP contribution is 2.14. The Kier molecular flexibility index (Phi) is 2.99. The van der Waals surface area contributed by atoms with Crippen molar-refractivity contribution in [2.75, 3.05) is 14.1 Å². The summed E-state index contributed by atoms with van der Waals surface area (Å²) in [5.41, 5.74) is 3.70. The van der Waals surface area contributed by atoms with Gasteiger partial charge in [0, 0.05) is 26.0 Å². The van der Waals surface area contributed by atoms with Crippen LogP contribution in [0.3, 0.4) is 0 Å². The molecule has 0 aliphatic rings. The second-order valence-corrected chi connectivity index (χ2v) is 3.94. The Labute approximate surface area is 85.3 Å². The molecule has 1 rings (SSSR count). The predicted octanol–water partition coefficient (Wildman–Crippen LogP) is 1.50. The van der Waals surface area contributed by atoms with Gasteiger partial charge in [-0.2, -0.15) is 0 Å². The Morgan fingerprint density at radius 3 is 2.29 bits per heavy atom. The van der Waals surface area contributed by atoms with E-state index in [0.29, 0.717) is 6.54 Å². The highest BCUT2D eigenvalue weighted by molar-refractivity contribution is 5.75. The molecule has 3 heteroatoms. The molecule has 0 aliphatic carbocycles. The zero-order valence-corrected chi connectivity index (χ0v) is 9.59. The van der Waals surface area contributed by atoms with Crippen LogP contribution in [0.5, 0.6) is 0 Å². The summed E-state index contributed by atoms with van der Waals surface area (Å²) >= 11 is 0. The van der Waals surface area contributed by atoms with Crippen LogP contribution in [0, 0.1) is 20.8 Å². The number of hydrogen-bond donors (Lipinski definition) is 0. The van der Waals surface area contributed by atoms with Crippen LogP contribution in [-0.2, 0) is 11.3 Å². The maximum absolute atomic E-state index is 11.5. The summed E-state index contributed by atoms with van der Waals surface area (Å²) in [7, 11) is 3.56. The van der Waals surface area contributed by atoms with Crippen molar-refractivity contribution in [3.63, 3.8) is 0 Å². The quantitative estimate of drug-likeness (QED) is 0.700. The highest BCUT2D eigenvalue weighted by Gasteiger charge is 2.09. The lowest BCUT2D eigenvalue weighted by Crippen LogP contribution is -2.26. The standard InChI is InChI=1S/C11H18N2O/c1-8-6-13(10(3)9(8)2)7-11(14)12(4)5/h6H,7H2,1-5H3. The molecule has 0 spiro atoms. The van der Waals surface area contributed by atoms with Gasteiger partial charge in [-0.15, -0.1) is 0 Å². The van der Waals surface area contributed by atoms with Crippen LogP contribution < -0.4 is 0 Å².